The van der Waals surface area contributed by atoms with Gasteiger partial charge < -0.3 is 4.90 Å². The smallest absolute Gasteiger partial charge is 0.341 e. The molecule has 9 heteroatoms. The maximum atomic E-state index is 13.0. The number of rotatable bonds is 6. The highest BCUT2D eigenvalue weighted by atomic mass is 32.2. The minimum Gasteiger partial charge on any atom is -0.341 e. The summed E-state index contributed by atoms with van der Waals surface area (Å²) in [6.45, 7) is 4.87. The number of amides is 1. The molecular formula is C24H29F3N2O3S. The number of carbonyl (C=O) groups is 1. The highest BCUT2D eigenvalue weighted by molar-refractivity contribution is 7.89. The van der Waals surface area contributed by atoms with Crippen molar-refractivity contribution in [3.8, 4) is 0 Å². The molecule has 1 heterocycles. The molecule has 0 unspecified atom stereocenters. The SMILES string of the molecule is CC(C)c1ccc(CN(C)C(=O)C2CCN(S(=O)(=O)c3cccc(C(F)(F)F)c3)CC2)cc1. The Morgan fingerprint density at radius 3 is 2.24 bits per heavy atom. The van der Waals surface area contributed by atoms with Crippen LogP contribution in [-0.4, -0.2) is 43.7 Å². The normalized spacial score (nSPS) is 16.2. The van der Waals surface area contributed by atoms with Crippen LogP contribution >= 0.6 is 0 Å². The van der Waals surface area contributed by atoms with Crippen molar-refractivity contribution in [3.05, 3.63) is 65.2 Å². The van der Waals surface area contributed by atoms with Gasteiger partial charge in [0.25, 0.3) is 0 Å². The van der Waals surface area contributed by atoms with Crippen molar-refractivity contribution in [1.29, 1.82) is 0 Å². The first-order chi connectivity index (χ1) is 15.4. The standard InChI is InChI=1S/C24H29F3N2O3S/c1-17(2)19-9-7-18(8-10-19)16-28(3)23(30)20-11-13-29(14-12-20)33(31,32)22-6-4-5-21(15-22)24(25,26)27/h4-10,15,17,20H,11-14,16H2,1-3H3. The number of hydrogen-bond acceptors (Lipinski definition) is 3. The quantitative estimate of drug-likeness (QED) is 0.589. The second kappa shape index (κ2) is 9.85. The third-order valence-electron chi connectivity index (χ3n) is 6.04. The van der Waals surface area contributed by atoms with Crippen molar-refractivity contribution in [1.82, 2.24) is 9.21 Å². The lowest BCUT2D eigenvalue weighted by Crippen LogP contribution is -2.43. The summed E-state index contributed by atoms with van der Waals surface area (Å²) in [4.78, 5) is 14.2. The second-order valence-electron chi connectivity index (χ2n) is 8.79. The predicted molar refractivity (Wildman–Crippen MR) is 120 cm³/mol. The first-order valence-electron chi connectivity index (χ1n) is 10.9. The van der Waals surface area contributed by atoms with E-state index in [4.69, 9.17) is 0 Å². The average Bonchev–Trinajstić information content (AvgIpc) is 2.78. The fraction of sp³-hybridized carbons (Fsp3) is 0.458. The molecule has 2 aromatic rings. The van der Waals surface area contributed by atoms with E-state index in [9.17, 15) is 26.4 Å². The molecule has 1 aliphatic rings. The van der Waals surface area contributed by atoms with E-state index in [1.165, 1.54) is 11.6 Å². The van der Waals surface area contributed by atoms with Gasteiger partial charge in [0.05, 0.1) is 10.5 Å². The van der Waals surface area contributed by atoms with E-state index in [-0.39, 0.29) is 29.8 Å². The number of sulfonamides is 1. The summed E-state index contributed by atoms with van der Waals surface area (Å²) in [7, 11) is -2.34. The van der Waals surface area contributed by atoms with Crippen molar-refractivity contribution >= 4 is 15.9 Å². The second-order valence-corrected chi connectivity index (χ2v) is 10.7. The Balaban J connectivity index is 1.61. The maximum Gasteiger partial charge on any atom is 0.416 e. The first-order valence-corrected chi connectivity index (χ1v) is 12.3. The Labute approximate surface area is 193 Å². The van der Waals surface area contributed by atoms with Crippen molar-refractivity contribution in [3.63, 3.8) is 0 Å². The first kappa shape index (κ1) is 25.2. The Hall–Kier alpha value is -2.39. The van der Waals surface area contributed by atoms with Crippen LogP contribution in [0.1, 0.15) is 49.3 Å². The summed E-state index contributed by atoms with van der Waals surface area (Å²) in [5.74, 6) is 0.0489. The molecule has 1 saturated heterocycles. The number of carbonyl (C=O) groups excluding carboxylic acids is 1. The highest BCUT2D eigenvalue weighted by Gasteiger charge is 2.35. The third-order valence-corrected chi connectivity index (χ3v) is 7.94. The van der Waals surface area contributed by atoms with Crippen molar-refractivity contribution < 1.29 is 26.4 Å². The average molecular weight is 483 g/mol. The van der Waals surface area contributed by atoms with Crippen LogP contribution < -0.4 is 0 Å². The van der Waals surface area contributed by atoms with E-state index in [0.717, 1.165) is 22.0 Å². The highest BCUT2D eigenvalue weighted by Crippen LogP contribution is 2.32. The van der Waals surface area contributed by atoms with Crippen LogP contribution in [0.4, 0.5) is 13.2 Å². The summed E-state index contributed by atoms with van der Waals surface area (Å²) >= 11 is 0. The molecule has 0 N–H and O–H groups in total. The zero-order valence-electron chi connectivity index (χ0n) is 19.0. The molecule has 1 aliphatic heterocycles. The van der Waals surface area contributed by atoms with E-state index in [0.29, 0.717) is 31.4 Å². The van der Waals surface area contributed by atoms with Gasteiger partial charge in [-0.1, -0.05) is 44.2 Å². The summed E-state index contributed by atoms with van der Waals surface area (Å²) in [5, 5.41) is 0. The van der Waals surface area contributed by atoms with Gasteiger partial charge in [-0.3, -0.25) is 4.79 Å². The van der Waals surface area contributed by atoms with Gasteiger partial charge in [0, 0.05) is 32.6 Å². The topological polar surface area (TPSA) is 57.7 Å². The molecule has 5 nitrogen and oxygen atoms in total. The third kappa shape index (κ3) is 5.95. The van der Waals surface area contributed by atoms with Crippen molar-refractivity contribution in [2.75, 3.05) is 20.1 Å². The molecule has 180 valence electrons. The largest absolute Gasteiger partial charge is 0.416 e. The van der Waals surface area contributed by atoms with Gasteiger partial charge in [0.15, 0.2) is 0 Å². The van der Waals surface area contributed by atoms with Crippen LogP contribution in [0, 0.1) is 5.92 Å². The van der Waals surface area contributed by atoms with Gasteiger partial charge in [-0.15, -0.1) is 0 Å². The number of hydrogen-bond donors (Lipinski definition) is 0. The zero-order valence-corrected chi connectivity index (χ0v) is 19.8. The van der Waals surface area contributed by atoms with E-state index in [2.05, 4.69) is 26.0 Å². The molecule has 33 heavy (non-hydrogen) atoms. The van der Waals surface area contributed by atoms with Crippen LogP contribution in [0.25, 0.3) is 0 Å². The van der Waals surface area contributed by atoms with Gasteiger partial charge in [-0.25, -0.2) is 8.42 Å². The number of nitrogens with zero attached hydrogens (tertiary/aromatic N) is 2. The van der Waals surface area contributed by atoms with Crippen LogP contribution in [0.3, 0.4) is 0 Å². The molecule has 0 saturated carbocycles. The molecule has 3 rings (SSSR count). The Morgan fingerprint density at radius 1 is 1.09 bits per heavy atom. The van der Waals surface area contributed by atoms with E-state index < -0.39 is 21.8 Å². The molecular weight excluding hydrogens is 453 g/mol. The van der Waals surface area contributed by atoms with E-state index in [1.54, 1.807) is 11.9 Å². The van der Waals surface area contributed by atoms with Crippen LogP contribution in [0.2, 0.25) is 0 Å². The van der Waals surface area contributed by atoms with Gasteiger partial charge >= 0.3 is 6.18 Å². The summed E-state index contributed by atoms with van der Waals surface area (Å²) < 4.78 is 65.8. The minimum absolute atomic E-state index is 0.0564. The van der Waals surface area contributed by atoms with Gasteiger partial charge in [-0.2, -0.15) is 17.5 Å². The van der Waals surface area contributed by atoms with E-state index >= 15 is 0 Å². The lowest BCUT2D eigenvalue weighted by atomic mass is 9.96. The lowest BCUT2D eigenvalue weighted by molar-refractivity contribution is -0.138. The molecule has 0 bridgehead atoms. The molecule has 1 amide bonds. The van der Waals surface area contributed by atoms with E-state index in [1.807, 2.05) is 12.1 Å². The number of piperidine rings is 1. The predicted octanol–water partition coefficient (Wildman–Crippen LogP) is 4.89. The maximum absolute atomic E-state index is 13.0. The molecule has 1 fully saturated rings. The number of halogens is 3. The Kier molecular flexibility index (Phi) is 7.53. The monoisotopic (exact) mass is 482 g/mol. The van der Waals surface area contributed by atoms with Crippen LogP contribution in [0.5, 0.6) is 0 Å². The fourth-order valence-electron chi connectivity index (χ4n) is 4.00. The Morgan fingerprint density at radius 2 is 1.70 bits per heavy atom. The fourth-order valence-corrected chi connectivity index (χ4v) is 5.51. The summed E-state index contributed by atoms with van der Waals surface area (Å²) in [6.07, 6.45) is -3.97. The van der Waals surface area contributed by atoms with Crippen molar-refractivity contribution in [2.24, 2.45) is 5.92 Å². The molecule has 0 atom stereocenters. The molecule has 0 radical (unpaired) electrons. The van der Waals surface area contributed by atoms with Crippen molar-refractivity contribution in [2.45, 2.75) is 50.2 Å². The molecule has 0 aliphatic carbocycles. The summed E-state index contributed by atoms with van der Waals surface area (Å²) in [5.41, 5.74) is 1.23. The Bertz CT molecular complexity index is 1070. The van der Waals surface area contributed by atoms with Gasteiger partial charge in [0.2, 0.25) is 15.9 Å². The van der Waals surface area contributed by atoms with Gasteiger partial charge in [-0.05, 0) is 48.1 Å². The number of alkyl halides is 3. The summed E-state index contributed by atoms with van der Waals surface area (Å²) in [6, 6.07) is 11.9. The molecule has 0 aromatic heterocycles. The lowest BCUT2D eigenvalue weighted by Gasteiger charge is -2.32. The zero-order chi connectivity index (χ0) is 24.4. The minimum atomic E-state index is -4.62. The van der Waals surface area contributed by atoms with Crippen LogP contribution in [0.15, 0.2) is 53.4 Å². The van der Waals surface area contributed by atoms with Gasteiger partial charge in [0.1, 0.15) is 0 Å². The van der Waals surface area contributed by atoms with Crippen LogP contribution in [-0.2, 0) is 27.5 Å². The molecule has 2 aromatic carbocycles. The molecule has 0 spiro atoms. The number of benzene rings is 2.